The van der Waals surface area contributed by atoms with Crippen molar-refractivity contribution < 1.29 is 9.59 Å². The third kappa shape index (κ3) is 4.29. The number of H-pyrrole nitrogens is 1. The molecule has 2 rings (SSSR count). The van der Waals surface area contributed by atoms with E-state index >= 15 is 0 Å². The summed E-state index contributed by atoms with van der Waals surface area (Å²) in [7, 11) is 0. The summed E-state index contributed by atoms with van der Waals surface area (Å²) >= 11 is 0. The van der Waals surface area contributed by atoms with Gasteiger partial charge >= 0.3 is 0 Å². The Bertz CT molecular complexity index is 777. The normalized spacial score (nSPS) is 10.6. The average Bonchev–Trinajstić information content (AvgIpc) is 2.86. The summed E-state index contributed by atoms with van der Waals surface area (Å²) in [6.07, 6.45) is 0. The van der Waals surface area contributed by atoms with Crippen molar-refractivity contribution in [2.45, 2.75) is 34.6 Å². The molecule has 0 radical (unpaired) electrons. The quantitative estimate of drug-likeness (QED) is 0.759. The fourth-order valence-corrected chi connectivity index (χ4v) is 3.13. The van der Waals surface area contributed by atoms with E-state index in [4.69, 9.17) is 0 Å². The van der Waals surface area contributed by atoms with Crippen LogP contribution in [0.4, 0.5) is 5.69 Å². The van der Waals surface area contributed by atoms with Gasteiger partial charge in [0.25, 0.3) is 5.91 Å². The summed E-state index contributed by atoms with van der Waals surface area (Å²) in [6.45, 7) is 11.4. The first-order valence-electron chi connectivity index (χ1n) is 8.65. The molecule has 0 aliphatic carbocycles. The largest absolute Gasteiger partial charge is 0.370 e. The monoisotopic (exact) mass is 341 g/mol. The van der Waals surface area contributed by atoms with Crippen LogP contribution in [-0.2, 0) is 0 Å². The van der Waals surface area contributed by atoms with Crippen LogP contribution < -0.4 is 10.2 Å². The third-order valence-electron chi connectivity index (χ3n) is 4.43. The zero-order valence-corrected chi connectivity index (χ0v) is 15.7. The van der Waals surface area contributed by atoms with Crippen LogP contribution in [0.1, 0.15) is 51.5 Å². The number of nitrogens with one attached hydrogen (secondary N) is 2. The minimum absolute atomic E-state index is 0.0590. The summed E-state index contributed by atoms with van der Waals surface area (Å²) in [6, 6.07) is 8.34. The van der Waals surface area contributed by atoms with Crippen LogP contribution in [0.5, 0.6) is 0 Å². The molecule has 0 fully saturated rings. The van der Waals surface area contributed by atoms with E-state index in [1.165, 1.54) is 12.5 Å². The van der Waals surface area contributed by atoms with Gasteiger partial charge in [-0.25, -0.2) is 0 Å². The van der Waals surface area contributed by atoms with Crippen molar-refractivity contribution >= 4 is 17.4 Å². The van der Waals surface area contributed by atoms with E-state index in [0.29, 0.717) is 23.4 Å². The van der Waals surface area contributed by atoms with Gasteiger partial charge in [0.1, 0.15) is 0 Å². The zero-order chi connectivity index (χ0) is 18.6. The van der Waals surface area contributed by atoms with Crippen molar-refractivity contribution in [3.05, 3.63) is 52.3 Å². The van der Waals surface area contributed by atoms with Gasteiger partial charge in [-0.2, -0.15) is 0 Å². The van der Waals surface area contributed by atoms with Crippen molar-refractivity contribution in [3.63, 3.8) is 0 Å². The van der Waals surface area contributed by atoms with E-state index in [2.05, 4.69) is 47.2 Å². The van der Waals surface area contributed by atoms with Crippen molar-refractivity contribution in [2.75, 3.05) is 24.5 Å². The minimum atomic E-state index is -0.140. The average molecular weight is 341 g/mol. The first-order valence-corrected chi connectivity index (χ1v) is 8.65. The zero-order valence-electron chi connectivity index (χ0n) is 15.7. The molecule has 0 aliphatic rings. The predicted octanol–water partition coefficient (Wildman–Crippen LogP) is 3.40. The molecule has 0 spiro atoms. The Labute approximate surface area is 149 Å². The Kier molecular flexibility index (Phi) is 6.02. The number of hydrogen-bond acceptors (Lipinski definition) is 3. The van der Waals surface area contributed by atoms with Crippen molar-refractivity contribution in [3.8, 4) is 0 Å². The van der Waals surface area contributed by atoms with Gasteiger partial charge in [-0.05, 0) is 51.0 Å². The number of ketones is 1. The molecule has 0 saturated carbocycles. The van der Waals surface area contributed by atoms with Gasteiger partial charge in [0.05, 0.1) is 11.3 Å². The molecule has 2 aromatic rings. The highest BCUT2D eigenvalue weighted by atomic mass is 16.1. The first kappa shape index (κ1) is 18.8. The van der Waals surface area contributed by atoms with Gasteiger partial charge in [-0.15, -0.1) is 0 Å². The highest BCUT2D eigenvalue weighted by Gasteiger charge is 2.19. The van der Waals surface area contributed by atoms with E-state index in [9.17, 15) is 9.59 Å². The van der Waals surface area contributed by atoms with Crippen LogP contribution in [0.25, 0.3) is 0 Å². The lowest BCUT2D eigenvalue weighted by atomic mass is 10.1. The fraction of sp³-hybridized carbons (Fsp3) is 0.400. The number of likely N-dealkylation sites (N-methyl/N-ethyl adjacent to an activating group) is 1. The number of amides is 1. The molecule has 1 aromatic carbocycles. The Hall–Kier alpha value is -2.56. The second kappa shape index (κ2) is 8.01. The van der Waals surface area contributed by atoms with Crippen LogP contribution in [0.2, 0.25) is 0 Å². The molecule has 134 valence electrons. The molecule has 0 unspecified atom stereocenters. The maximum absolute atomic E-state index is 12.5. The molecule has 0 atom stereocenters. The summed E-state index contributed by atoms with van der Waals surface area (Å²) in [5.41, 5.74) is 4.90. The number of carbonyl (C=O) groups excluding carboxylic acids is 2. The molecule has 1 amide bonds. The van der Waals surface area contributed by atoms with Gasteiger partial charge in [0, 0.05) is 37.9 Å². The van der Waals surface area contributed by atoms with Crippen LogP contribution in [0.3, 0.4) is 0 Å². The number of aromatic nitrogens is 1. The molecule has 0 saturated heterocycles. The number of aromatic amines is 1. The Balaban J connectivity index is 2.01. The number of anilines is 1. The van der Waals surface area contributed by atoms with Crippen LogP contribution in [0, 0.1) is 20.8 Å². The first-order chi connectivity index (χ1) is 11.8. The van der Waals surface area contributed by atoms with Gasteiger partial charge in [0.2, 0.25) is 0 Å². The summed E-state index contributed by atoms with van der Waals surface area (Å²) in [5, 5.41) is 2.97. The number of aryl methyl sites for hydroxylation is 2. The van der Waals surface area contributed by atoms with Gasteiger partial charge in [-0.1, -0.05) is 12.1 Å². The minimum Gasteiger partial charge on any atom is -0.370 e. The molecule has 0 aliphatic heterocycles. The maximum atomic E-state index is 12.5. The van der Waals surface area contributed by atoms with E-state index in [0.717, 1.165) is 24.5 Å². The van der Waals surface area contributed by atoms with Gasteiger partial charge in [-0.3, -0.25) is 9.59 Å². The van der Waals surface area contributed by atoms with E-state index < -0.39 is 0 Å². The SMILES string of the molecule is CCN(CCNC(=O)c1c(C)[nH]c(C(C)=O)c1C)c1cccc(C)c1. The number of benzene rings is 1. The fourth-order valence-electron chi connectivity index (χ4n) is 3.13. The maximum Gasteiger partial charge on any atom is 0.253 e. The third-order valence-corrected chi connectivity index (χ3v) is 4.43. The van der Waals surface area contributed by atoms with Crippen LogP contribution in [-0.4, -0.2) is 36.3 Å². The number of carbonyl (C=O) groups is 2. The number of Topliss-reactive ketones (excluding diaryl/α,β-unsaturated/α-hetero) is 1. The Morgan fingerprint density at radius 3 is 2.48 bits per heavy atom. The van der Waals surface area contributed by atoms with Crippen molar-refractivity contribution in [2.24, 2.45) is 0 Å². The van der Waals surface area contributed by atoms with E-state index in [-0.39, 0.29) is 11.7 Å². The molecule has 5 nitrogen and oxygen atoms in total. The molecular weight excluding hydrogens is 314 g/mol. The van der Waals surface area contributed by atoms with Gasteiger partial charge < -0.3 is 15.2 Å². The Morgan fingerprint density at radius 2 is 1.92 bits per heavy atom. The molecule has 1 heterocycles. The lowest BCUT2D eigenvalue weighted by Crippen LogP contribution is -2.35. The highest BCUT2D eigenvalue weighted by Crippen LogP contribution is 2.18. The second-order valence-corrected chi connectivity index (χ2v) is 6.36. The Morgan fingerprint density at radius 1 is 1.20 bits per heavy atom. The summed E-state index contributed by atoms with van der Waals surface area (Å²) in [4.78, 5) is 29.4. The number of rotatable bonds is 7. The summed E-state index contributed by atoms with van der Waals surface area (Å²) in [5.74, 6) is -0.199. The number of hydrogen-bond donors (Lipinski definition) is 2. The lowest BCUT2D eigenvalue weighted by Gasteiger charge is -2.23. The smallest absolute Gasteiger partial charge is 0.253 e. The van der Waals surface area contributed by atoms with Gasteiger partial charge in [0.15, 0.2) is 5.78 Å². The van der Waals surface area contributed by atoms with Crippen LogP contribution >= 0.6 is 0 Å². The predicted molar refractivity (Wildman–Crippen MR) is 102 cm³/mol. The van der Waals surface area contributed by atoms with Crippen molar-refractivity contribution in [1.82, 2.24) is 10.3 Å². The second-order valence-electron chi connectivity index (χ2n) is 6.36. The van der Waals surface area contributed by atoms with Crippen molar-refractivity contribution in [1.29, 1.82) is 0 Å². The molecule has 0 bridgehead atoms. The molecular formula is C20H27N3O2. The highest BCUT2D eigenvalue weighted by molar-refractivity contribution is 6.02. The van der Waals surface area contributed by atoms with E-state index in [1.807, 2.05) is 13.0 Å². The molecule has 2 N–H and O–H groups in total. The summed E-state index contributed by atoms with van der Waals surface area (Å²) < 4.78 is 0. The molecule has 25 heavy (non-hydrogen) atoms. The number of nitrogens with zero attached hydrogens (tertiary/aromatic N) is 1. The lowest BCUT2D eigenvalue weighted by molar-refractivity contribution is 0.0953. The molecule has 5 heteroatoms. The van der Waals surface area contributed by atoms with Crippen LogP contribution in [0.15, 0.2) is 24.3 Å². The van der Waals surface area contributed by atoms with E-state index in [1.54, 1.807) is 6.92 Å². The topological polar surface area (TPSA) is 65.2 Å². The standard InChI is InChI=1S/C20H27N3O2/c1-6-23(17-9-7-8-13(2)12-17)11-10-21-20(25)18-14(3)19(16(5)24)22-15(18)4/h7-9,12,22H,6,10-11H2,1-5H3,(H,21,25). The molecule has 1 aromatic heterocycles.